The van der Waals surface area contributed by atoms with Gasteiger partial charge in [-0.15, -0.1) is 0 Å². The first kappa shape index (κ1) is 13.8. The van der Waals surface area contributed by atoms with Crippen LogP contribution < -0.4 is 11.1 Å². The molecule has 0 aromatic carbocycles. The smallest absolute Gasteiger partial charge is 0.188 e. The molecule has 3 nitrogen and oxygen atoms in total. The van der Waals surface area contributed by atoms with Crippen molar-refractivity contribution in [3.05, 3.63) is 23.8 Å². The molecule has 0 atom stereocenters. The van der Waals surface area contributed by atoms with Gasteiger partial charge in [0.25, 0.3) is 0 Å². The highest BCUT2D eigenvalue weighted by molar-refractivity contribution is 5.77. The van der Waals surface area contributed by atoms with E-state index in [1.807, 2.05) is 6.92 Å². The van der Waals surface area contributed by atoms with Crippen LogP contribution >= 0.6 is 0 Å². The van der Waals surface area contributed by atoms with Crippen molar-refractivity contribution in [2.45, 2.75) is 45.4 Å². The fourth-order valence-corrected chi connectivity index (χ4v) is 1.94. The molecule has 0 aromatic rings. The lowest BCUT2D eigenvalue weighted by Gasteiger charge is -2.08. The van der Waals surface area contributed by atoms with E-state index >= 15 is 0 Å². The van der Waals surface area contributed by atoms with Crippen LogP contribution in [0, 0.1) is 0 Å². The minimum Gasteiger partial charge on any atom is -0.370 e. The fraction of sp³-hybridized carbons (Fsp3) is 0.643. The molecule has 0 heterocycles. The maximum absolute atomic E-state index is 5.75. The predicted molar refractivity (Wildman–Crippen MR) is 75.1 cm³/mol. The van der Waals surface area contributed by atoms with Gasteiger partial charge in [0.1, 0.15) is 0 Å². The molecule has 96 valence electrons. The number of rotatable bonds is 5. The Bertz CT molecular complexity index is 303. The highest BCUT2D eigenvalue weighted by Crippen LogP contribution is 2.18. The standard InChI is InChI=1S/C14H25N3/c1-12(2)11-17-14(15)16-10-9-13-7-5-3-4-6-8-13/h7H,1,3-6,8-11H2,2H3,(H3,15,16,17). The van der Waals surface area contributed by atoms with Crippen molar-refractivity contribution in [3.8, 4) is 0 Å². The van der Waals surface area contributed by atoms with Crippen LogP contribution in [0.25, 0.3) is 0 Å². The second-order valence-electron chi connectivity index (χ2n) is 4.80. The van der Waals surface area contributed by atoms with E-state index in [4.69, 9.17) is 5.73 Å². The van der Waals surface area contributed by atoms with Crippen LogP contribution in [0.2, 0.25) is 0 Å². The van der Waals surface area contributed by atoms with Crippen LogP contribution in [-0.2, 0) is 0 Å². The van der Waals surface area contributed by atoms with Gasteiger partial charge in [-0.25, -0.2) is 4.99 Å². The van der Waals surface area contributed by atoms with Crippen LogP contribution in [-0.4, -0.2) is 19.0 Å². The summed E-state index contributed by atoms with van der Waals surface area (Å²) in [4.78, 5) is 4.19. The van der Waals surface area contributed by atoms with Gasteiger partial charge in [0.2, 0.25) is 0 Å². The van der Waals surface area contributed by atoms with Gasteiger partial charge in [-0.3, -0.25) is 0 Å². The normalized spacial score (nSPS) is 17.2. The number of hydrogen-bond donors (Lipinski definition) is 2. The number of allylic oxidation sites excluding steroid dienone is 1. The minimum absolute atomic E-state index is 0.530. The summed E-state index contributed by atoms with van der Waals surface area (Å²) in [5.74, 6) is 0.530. The molecule has 0 aliphatic heterocycles. The van der Waals surface area contributed by atoms with E-state index in [-0.39, 0.29) is 0 Å². The van der Waals surface area contributed by atoms with Crippen molar-refractivity contribution < 1.29 is 0 Å². The lowest BCUT2D eigenvalue weighted by Crippen LogP contribution is -2.32. The minimum atomic E-state index is 0.530. The molecule has 0 radical (unpaired) electrons. The van der Waals surface area contributed by atoms with Crippen LogP contribution in [0.4, 0.5) is 0 Å². The second-order valence-corrected chi connectivity index (χ2v) is 4.80. The Morgan fingerprint density at radius 2 is 2.29 bits per heavy atom. The number of nitrogens with one attached hydrogen (secondary N) is 1. The van der Waals surface area contributed by atoms with Crippen LogP contribution in [0.3, 0.4) is 0 Å². The summed E-state index contributed by atoms with van der Waals surface area (Å²) in [6, 6.07) is 0. The van der Waals surface area contributed by atoms with Crippen molar-refractivity contribution >= 4 is 5.96 Å². The van der Waals surface area contributed by atoms with Gasteiger partial charge in [-0.2, -0.15) is 0 Å². The fourth-order valence-electron chi connectivity index (χ4n) is 1.94. The lowest BCUT2D eigenvalue weighted by molar-refractivity contribution is 0.698. The first-order valence-electron chi connectivity index (χ1n) is 6.54. The molecule has 1 rings (SSSR count). The molecule has 0 fully saturated rings. The molecular formula is C14H25N3. The molecule has 0 saturated carbocycles. The molecule has 0 amide bonds. The van der Waals surface area contributed by atoms with Crippen molar-refractivity contribution in [2.24, 2.45) is 10.7 Å². The number of aliphatic imine (C=N–C) groups is 1. The number of nitrogens with two attached hydrogens (primary N) is 1. The van der Waals surface area contributed by atoms with Gasteiger partial charge in [0, 0.05) is 6.54 Å². The lowest BCUT2D eigenvalue weighted by atomic mass is 10.1. The summed E-state index contributed by atoms with van der Waals surface area (Å²) in [7, 11) is 0. The highest BCUT2D eigenvalue weighted by Gasteiger charge is 2.02. The van der Waals surface area contributed by atoms with Crippen molar-refractivity contribution in [1.82, 2.24) is 5.32 Å². The van der Waals surface area contributed by atoms with E-state index in [1.54, 1.807) is 5.57 Å². The van der Waals surface area contributed by atoms with Crippen molar-refractivity contribution in [3.63, 3.8) is 0 Å². The average Bonchev–Trinajstić information content (AvgIpc) is 2.55. The monoisotopic (exact) mass is 235 g/mol. The van der Waals surface area contributed by atoms with Crippen molar-refractivity contribution in [2.75, 3.05) is 13.1 Å². The molecule has 0 aromatic heterocycles. The Labute approximate surface area is 105 Å². The summed E-state index contributed by atoms with van der Waals surface area (Å²) in [6.45, 7) is 7.24. The Hall–Kier alpha value is -1.25. The first-order valence-corrected chi connectivity index (χ1v) is 6.54. The third-order valence-electron chi connectivity index (χ3n) is 2.91. The van der Waals surface area contributed by atoms with E-state index < -0.39 is 0 Å². The molecule has 3 heteroatoms. The Kier molecular flexibility index (Phi) is 6.45. The summed E-state index contributed by atoms with van der Waals surface area (Å²) in [6.07, 6.45) is 10.0. The zero-order valence-corrected chi connectivity index (χ0v) is 11.0. The molecule has 0 unspecified atom stereocenters. The quantitative estimate of drug-likeness (QED) is 0.437. The second kappa shape index (κ2) is 7.93. The maximum Gasteiger partial charge on any atom is 0.188 e. The largest absolute Gasteiger partial charge is 0.370 e. The summed E-state index contributed by atoms with van der Waals surface area (Å²) >= 11 is 0. The van der Waals surface area contributed by atoms with Crippen molar-refractivity contribution in [1.29, 1.82) is 0 Å². The Morgan fingerprint density at radius 1 is 1.47 bits per heavy atom. The first-order chi connectivity index (χ1) is 8.18. The van der Waals surface area contributed by atoms with E-state index in [9.17, 15) is 0 Å². The predicted octanol–water partition coefficient (Wildman–Crippen LogP) is 2.75. The molecule has 1 aliphatic carbocycles. The van der Waals surface area contributed by atoms with Crippen LogP contribution in [0.15, 0.2) is 28.8 Å². The molecule has 0 bridgehead atoms. The molecule has 0 spiro atoms. The van der Waals surface area contributed by atoms with E-state index in [1.165, 1.54) is 32.1 Å². The van der Waals surface area contributed by atoms with Gasteiger partial charge < -0.3 is 11.1 Å². The molecule has 1 aliphatic rings. The molecule has 0 saturated heterocycles. The molecule has 3 N–H and O–H groups in total. The average molecular weight is 235 g/mol. The van der Waals surface area contributed by atoms with Gasteiger partial charge in [0.15, 0.2) is 5.96 Å². The highest BCUT2D eigenvalue weighted by atomic mass is 15.1. The summed E-state index contributed by atoms with van der Waals surface area (Å²) in [5, 5.41) is 3.15. The maximum atomic E-state index is 5.75. The SMILES string of the molecule is C=C(C)CN=C(N)NCCC1=CCCCCC1. The topological polar surface area (TPSA) is 50.4 Å². The van der Waals surface area contributed by atoms with Crippen LogP contribution in [0.1, 0.15) is 45.4 Å². The van der Waals surface area contributed by atoms with Gasteiger partial charge >= 0.3 is 0 Å². The zero-order chi connectivity index (χ0) is 12.5. The summed E-state index contributed by atoms with van der Waals surface area (Å²) in [5.41, 5.74) is 8.35. The summed E-state index contributed by atoms with van der Waals surface area (Å²) < 4.78 is 0. The van der Waals surface area contributed by atoms with E-state index in [0.29, 0.717) is 12.5 Å². The third kappa shape index (κ3) is 6.82. The zero-order valence-electron chi connectivity index (χ0n) is 11.0. The van der Waals surface area contributed by atoms with E-state index in [2.05, 4.69) is 23.0 Å². The number of hydrogen-bond acceptors (Lipinski definition) is 1. The number of nitrogens with zero attached hydrogens (tertiary/aromatic N) is 1. The Morgan fingerprint density at radius 3 is 3.06 bits per heavy atom. The van der Waals surface area contributed by atoms with Gasteiger partial charge in [-0.1, -0.05) is 30.2 Å². The third-order valence-corrected chi connectivity index (χ3v) is 2.91. The van der Waals surface area contributed by atoms with E-state index in [0.717, 1.165) is 18.5 Å². The molecule has 17 heavy (non-hydrogen) atoms. The Balaban J connectivity index is 2.20. The number of guanidine groups is 1. The molecular weight excluding hydrogens is 210 g/mol. The van der Waals surface area contributed by atoms with Gasteiger partial charge in [-0.05, 0) is 39.0 Å². The van der Waals surface area contributed by atoms with Crippen LogP contribution in [0.5, 0.6) is 0 Å². The van der Waals surface area contributed by atoms with Gasteiger partial charge in [0.05, 0.1) is 6.54 Å².